The van der Waals surface area contributed by atoms with Crippen LogP contribution in [0.1, 0.15) is 0 Å². The highest BCUT2D eigenvalue weighted by atomic mass is 15.2. The minimum Gasteiger partial charge on any atom is -0.292 e. The quantitative estimate of drug-likeness (QED) is 0.210. The summed E-state index contributed by atoms with van der Waals surface area (Å²) in [6, 6.07) is 51.3. The molecule has 5 nitrogen and oxygen atoms in total. The molecule has 4 aromatic heterocycles. The molecule has 0 atom stereocenters. The molecule has 4 heterocycles. The van der Waals surface area contributed by atoms with Gasteiger partial charge >= 0.3 is 0 Å². The van der Waals surface area contributed by atoms with Crippen molar-refractivity contribution < 1.29 is 0 Å². The van der Waals surface area contributed by atoms with Crippen molar-refractivity contribution in [3.63, 3.8) is 0 Å². The first-order valence-corrected chi connectivity index (χ1v) is 15.2. The molecule has 6 aromatic carbocycles. The summed E-state index contributed by atoms with van der Waals surface area (Å²) in [6.07, 6.45) is 1.93. The van der Waals surface area contributed by atoms with Gasteiger partial charge in [-0.15, -0.1) is 0 Å². The molecule has 0 fully saturated rings. The fourth-order valence-corrected chi connectivity index (χ4v) is 7.25. The van der Waals surface area contributed by atoms with E-state index in [1.54, 1.807) is 0 Å². The lowest BCUT2D eigenvalue weighted by Gasteiger charge is -2.17. The molecule has 0 aliphatic heterocycles. The molecule has 210 valence electrons. The van der Waals surface area contributed by atoms with Gasteiger partial charge in [-0.05, 0) is 36.4 Å². The average Bonchev–Trinajstić information content (AvgIpc) is 3.74. The Morgan fingerprint density at radius 2 is 0.600 bits per heavy atom. The molecule has 0 bridgehead atoms. The lowest BCUT2D eigenvalue weighted by atomic mass is 10.2. The summed E-state index contributed by atoms with van der Waals surface area (Å²) in [6.45, 7) is 0. The van der Waals surface area contributed by atoms with Gasteiger partial charge in [-0.25, -0.2) is 9.97 Å². The van der Waals surface area contributed by atoms with E-state index >= 15 is 0 Å². The number of rotatable bonds is 3. The van der Waals surface area contributed by atoms with E-state index in [1.165, 1.54) is 32.3 Å². The predicted molar refractivity (Wildman–Crippen MR) is 185 cm³/mol. The topological polar surface area (TPSA) is 40.6 Å². The van der Waals surface area contributed by atoms with E-state index in [2.05, 4.69) is 159 Å². The Balaban J connectivity index is 1.39. The molecule has 5 heteroatoms. The highest BCUT2D eigenvalue weighted by Gasteiger charge is 2.23. The molecule has 0 amide bonds. The van der Waals surface area contributed by atoms with Crippen molar-refractivity contribution in [3.8, 4) is 17.5 Å². The van der Waals surface area contributed by atoms with Crippen LogP contribution in [0.5, 0.6) is 0 Å². The van der Waals surface area contributed by atoms with Gasteiger partial charge in [-0.1, -0.05) is 109 Å². The van der Waals surface area contributed by atoms with E-state index in [9.17, 15) is 0 Å². The smallest absolute Gasteiger partial charge is 0.184 e. The minimum atomic E-state index is 0.772. The second-order valence-electron chi connectivity index (χ2n) is 11.5. The van der Waals surface area contributed by atoms with Crippen molar-refractivity contribution in [1.82, 2.24) is 23.7 Å². The summed E-state index contributed by atoms with van der Waals surface area (Å²) < 4.78 is 6.80. The van der Waals surface area contributed by atoms with Crippen molar-refractivity contribution in [2.24, 2.45) is 0 Å². The number of benzene rings is 6. The van der Waals surface area contributed by atoms with Gasteiger partial charge in [0.1, 0.15) is 0 Å². The molecule has 10 rings (SSSR count). The Hall–Kier alpha value is -6.20. The average molecular weight is 576 g/mol. The van der Waals surface area contributed by atoms with Crippen molar-refractivity contribution in [3.05, 3.63) is 152 Å². The number of fused-ring (bicyclic) bond motifs is 9. The van der Waals surface area contributed by atoms with Gasteiger partial charge in [0.15, 0.2) is 17.5 Å². The fourth-order valence-electron chi connectivity index (χ4n) is 7.25. The zero-order valence-corrected chi connectivity index (χ0v) is 24.2. The molecule has 0 N–H and O–H groups in total. The van der Waals surface area contributed by atoms with Crippen LogP contribution in [0.2, 0.25) is 0 Å². The summed E-state index contributed by atoms with van der Waals surface area (Å²) in [5.41, 5.74) is 6.58. The maximum atomic E-state index is 5.57. The van der Waals surface area contributed by atoms with E-state index in [-0.39, 0.29) is 0 Å². The van der Waals surface area contributed by atoms with Crippen molar-refractivity contribution in [1.29, 1.82) is 0 Å². The van der Waals surface area contributed by atoms with E-state index < -0.39 is 0 Å². The normalized spacial score (nSPS) is 12.0. The lowest BCUT2D eigenvalue weighted by Crippen LogP contribution is -2.11. The van der Waals surface area contributed by atoms with Crippen LogP contribution in [0.3, 0.4) is 0 Å². The molecule has 10 aromatic rings. The minimum absolute atomic E-state index is 0.772. The van der Waals surface area contributed by atoms with Crippen molar-refractivity contribution in [2.75, 3.05) is 0 Å². The molecule has 0 saturated heterocycles. The molecule has 0 aliphatic rings. The van der Waals surface area contributed by atoms with Gasteiger partial charge in [0.2, 0.25) is 0 Å². The van der Waals surface area contributed by atoms with Crippen LogP contribution in [0, 0.1) is 0 Å². The van der Waals surface area contributed by atoms with Crippen LogP contribution in [-0.2, 0) is 0 Å². The number of aromatic nitrogens is 5. The van der Waals surface area contributed by atoms with Gasteiger partial charge in [0, 0.05) is 32.3 Å². The highest BCUT2D eigenvalue weighted by Crippen LogP contribution is 2.38. The van der Waals surface area contributed by atoms with Crippen molar-refractivity contribution in [2.45, 2.75) is 0 Å². The zero-order chi connectivity index (χ0) is 29.5. The van der Waals surface area contributed by atoms with Crippen LogP contribution in [0.25, 0.3) is 82.9 Å². The number of hydrogen-bond acceptors (Lipinski definition) is 2. The third-order valence-electron chi connectivity index (χ3n) is 9.12. The summed E-state index contributed by atoms with van der Waals surface area (Å²) in [5.74, 6) is 2.33. The van der Waals surface area contributed by atoms with Gasteiger partial charge in [0.05, 0.1) is 39.3 Å². The largest absolute Gasteiger partial charge is 0.292 e. The third kappa shape index (κ3) is 3.32. The zero-order valence-electron chi connectivity index (χ0n) is 24.2. The van der Waals surface area contributed by atoms with E-state index in [4.69, 9.17) is 9.97 Å². The maximum Gasteiger partial charge on any atom is 0.184 e. The number of para-hydroxylation sites is 6. The van der Waals surface area contributed by atoms with Gasteiger partial charge in [-0.3, -0.25) is 13.7 Å². The third-order valence-corrected chi connectivity index (χ3v) is 9.12. The molecule has 0 radical (unpaired) electrons. The maximum absolute atomic E-state index is 5.57. The highest BCUT2D eigenvalue weighted by molar-refractivity contribution is 6.12. The Kier molecular flexibility index (Phi) is 4.93. The van der Waals surface area contributed by atoms with Crippen LogP contribution in [0.15, 0.2) is 152 Å². The Morgan fingerprint density at radius 1 is 0.311 bits per heavy atom. The van der Waals surface area contributed by atoms with Crippen LogP contribution in [-0.4, -0.2) is 23.7 Å². The fraction of sp³-hybridized carbons (Fsp3) is 0. The van der Waals surface area contributed by atoms with E-state index in [1.807, 2.05) is 6.20 Å². The molecular formula is C40H25N5. The van der Waals surface area contributed by atoms with Crippen molar-refractivity contribution >= 4 is 65.4 Å². The molecule has 0 saturated carbocycles. The Bertz CT molecular complexity index is 2620. The summed E-state index contributed by atoms with van der Waals surface area (Å²) >= 11 is 0. The first-order chi connectivity index (χ1) is 22.4. The van der Waals surface area contributed by atoms with Crippen LogP contribution < -0.4 is 0 Å². The second-order valence-corrected chi connectivity index (χ2v) is 11.5. The first-order valence-electron chi connectivity index (χ1n) is 15.2. The monoisotopic (exact) mass is 575 g/mol. The van der Waals surface area contributed by atoms with Gasteiger partial charge in [-0.2, -0.15) is 0 Å². The van der Waals surface area contributed by atoms with Gasteiger partial charge < -0.3 is 0 Å². The predicted octanol–water partition coefficient (Wildman–Crippen LogP) is 9.77. The number of nitrogens with zero attached hydrogens (tertiary/aromatic N) is 5. The van der Waals surface area contributed by atoms with Gasteiger partial charge in [0.25, 0.3) is 0 Å². The van der Waals surface area contributed by atoms with E-state index in [0.717, 1.165) is 50.6 Å². The second kappa shape index (κ2) is 9.15. The van der Waals surface area contributed by atoms with Crippen LogP contribution >= 0.6 is 0 Å². The number of hydrogen-bond donors (Lipinski definition) is 0. The molecule has 0 spiro atoms. The Morgan fingerprint density at radius 3 is 0.956 bits per heavy atom. The summed E-state index contributed by atoms with van der Waals surface area (Å²) in [4.78, 5) is 10.9. The standard InChI is InChI=1S/C40H25N5/c1-7-19-32-26(13-1)27-14-2-8-20-33(27)43(32)38-25-41-39(44-34-21-9-3-15-28(34)29-16-4-10-22-35(29)44)40(42-38)45-36-23-11-5-17-30(36)31-18-6-12-24-37(31)45/h1-25H. The SMILES string of the molecule is c1ccc2c(c1)c1ccccc1n2-c1cnc(-n2c3ccccc3c3ccccc32)c(-n2c3ccccc3c3ccccc32)n1. The molecular weight excluding hydrogens is 550 g/mol. The first kappa shape index (κ1) is 24.3. The molecule has 0 aliphatic carbocycles. The molecule has 45 heavy (non-hydrogen) atoms. The van der Waals surface area contributed by atoms with Crippen LogP contribution in [0.4, 0.5) is 0 Å². The summed E-state index contributed by atoms with van der Waals surface area (Å²) in [5, 5.41) is 7.14. The molecule has 0 unspecified atom stereocenters. The Labute approximate surface area is 257 Å². The summed E-state index contributed by atoms with van der Waals surface area (Å²) in [7, 11) is 0. The lowest BCUT2D eigenvalue weighted by molar-refractivity contribution is 0.933. The van der Waals surface area contributed by atoms with E-state index in [0.29, 0.717) is 0 Å².